The van der Waals surface area contributed by atoms with E-state index >= 15 is 0 Å². The zero-order valence-electron chi connectivity index (χ0n) is 13.2. The summed E-state index contributed by atoms with van der Waals surface area (Å²) < 4.78 is 1.89. The van der Waals surface area contributed by atoms with E-state index in [0.717, 1.165) is 43.6 Å². The molecule has 0 aliphatic rings. The average Bonchev–Trinajstić information content (AvgIpc) is 3.01. The van der Waals surface area contributed by atoms with Gasteiger partial charge in [0.05, 0.1) is 6.54 Å². The fraction of sp³-hybridized carbons (Fsp3) is 0.375. The Morgan fingerprint density at radius 1 is 1.30 bits per heavy atom. The number of hydrogen-bond donors (Lipinski definition) is 2. The topological polar surface area (TPSA) is 54.2 Å². The van der Waals surface area contributed by atoms with Crippen LogP contribution in [-0.4, -0.2) is 35.4 Å². The van der Waals surface area contributed by atoms with Crippen LogP contribution in [0.3, 0.4) is 0 Å². The zero-order chi connectivity index (χ0) is 15.6. The molecule has 2 N–H and O–H groups in total. The molecule has 2 rings (SSSR count). The van der Waals surface area contributed by atoms with E-state index in [0.29, 0.717) is 0 Å². The number of aromatic nitrogens is 2. The number of aliphatic imine (C=N–C) groups is 1. The molecule has 0 bridgehead atoms. The van der Waals surface area contributed by atoms with Gasteiger partial charge in [0.2, 0.25) is 0 Å². The molecule has 0 spiro atoms. The Morgan fingerprint density at radius 2 is 2.17 bits per heavy atom. The maximum absolute atomic E-state index is 5.98. The number of nitrogens with zero attached hydrogens (tertiary/aromatic N) is 3. The number of guanidine groups is 1. The Labute approximate surface area is 159 Å². The summed E-state index contributed by atoms with van der Waals surface area (Å²) in [6.45, 7) is 5.21. The van der Waals surface area contributed by atoms with Crippen molar-refractivity contribution in [3.05, 3.63) is 53.3 Å². The molecule has 0 saturated carbocycles. The van der Waals surface area contributed by atoms with Crippen molar-refractivity contribution in [3.8, 4) is 0 Å². The summed E-state index contributed by atoms with van der Waals surface area (Å²) in [4.78, 5) is 4.58. The van der Waals surface area contributed by atoms with Crippen LogP contribution in [0.15, 0.2) is 47.7 Å². The quantitative estimate of drug-likeness (QED) is 0.390. The van der Waals surface area contributed by atoms with Crippen LogP contribution in [0, 0.1) is 0 Å². The van der Waals surface area contributed by atoms with Crippen LogP contribution in [0.1, 0.15) is 12.5 Å². The lowest BCUT2D eigenvalue weighted by Crippen LogP contribution is -2.39. The summed E-state index contributed by atoms with van der Waals surface area (Å²) in [7, 11) is 0. The predicted molar refractivity (Wildman–Crippen MR) is 107 cm³/mol. The molecule has 0 radical (unpaired) electrons. The molecule has 5 nitrogen and oxygen atoms in total. The van der Waals surface area contributed by atoms with Crippen LogP contribution in [0.2, 0.25) is 5.02 Å². The fourth-order valence-electron chi connectivity index (χ4n) is 2.05. The molecule has 0 aliphatic carbocycles. The first-order valence-electron chi connectivity index (χ1n) is 7.52. The van der Waals surface area contributed by atoms with Crippen LogP contribution >= 0.6 is 35.6 Å². The molecule has 23 heavy (non-hydrogen) atoms. The third-order valence-electron chi connectivity index (χ3n) is 3.10. The average molecular weight is 448 g/mol. The van der Waals surface area contributed by atoms with Crippen molar-refractivity contribution in [2.24, 2.45) is 4.99 Å². The molecule has 0 fully saturated rings. The molecule has 0 saturated heterocycles. The summed E-state index contributed by atoms with van der Waals surface area (Å²) in [5.41, 5.74) is 1.20. The fourth-order valence-corrected chi connectivity index (χ4v) is 2.27. The highest BCUT2D eigenvalue weighted by Gasteiger charge is 1.98. The van der Waals surface area contributed by atoms with Crippen molar-refractivity contribution in [3.63, 3.8) is 0 Å². The minimum Gasteiger partial charge on any atom is -0.357 e. The van der Waals surface area contributed by atoms with Crippen LogP contribution in [0.25, 0.3) is 0 Å². The third kappa shape index (κ3) is 7.69. The van der Waals surface area contributed by atoms with Gasteiger partial charge in [-0.25, -0.2) is 0 Å². The molecule has 0 unspecified atom stereocenters. The Morgan fingerprint density at radius 3 is 2.87 bits per heavy atom. The standard InChI is InChI=1S/C16H22ClN5.HI/c1-2-18-16(20-10-12-22-11-4-8-21-22)19-9-7-14-5-3-6-15(17)13-14;/h3-6,8,11,13H,2,7,9-10,12H2,1H3,(H2,18,19,20);1H. The second-order valence-corrected chi connectivity index (χ2v) is 5.27. The zero-order valence-corrected chi connectivity index (χ0v) is 16.3. The van der Waals surface area contributed by atoms with Crippen molar-refractivity contribution in [1.82, 2.24) is 20.4 Å². The number of benzene rings is 1. The Balaban J connectivity index is 0.00000264. The lowest BCUT2D eigenvalue weighted by atomic mass is 10.1. The van der Waals surface area contributed by atoms with Crippen LogP contribution in [-0.2, 0) is 13.0 Å². The predicted octanol–water partition coefficient (Wildman–Crippen LogP) is 2.95. The van der Waals surface area contributed by atoms with Crippen molar-refractivity contribution in [2.75, 3.05) is 19.6 Å². The second-order valence-electron chi connectivity index (χ2n) is 4.84. The van der Waals surface area contributed by atoms with E-state index in [-0.39, 0.29) is 24.0 Å². The molecule has 0 amide bonds. The van der Waals surface area contributed by atoms with Crippen molar-refractivity contribution in [1.29, 1.82) is 0 Å². The van der Waals surface area contributed by atoms with Crippen LogP contribution in [0.4, 0.5) is 0 Å². The molecule has 7 heteroatoms. The highest BCUT2D eigenvalue weighted by atomic mass is 127. The van der Waals surface area contributed by atoms with Crippen molar-refractivity contribution >= 4 is 41.5 Å². The molecule has 126 valence electrons. The van der Waals surface area contributed by atoms with Gasteiger partial charge in [-0.2, -0.15) is 5.10 Å². The van der Waals surface area contributed by atoms with Gasteiger partial charge in [0, 0.05) is 37.1 Å². The van der Waals surface area contributed by atoms with Gasteiger partial charge in [-0.3, -0.25) is 9.67 Å². The summed E-state index contributed by atoms with van der Waals surface area (Å²) in [5, 5.41) is 11.5. The van der Waals surface area contributed by atoms with Gasteiger partial charge >= 0.3 is 0 Å². The van der Waals surface area contributed by atoms with Crippen molar-refractivity contribution in [2.45, 2.75) is 19.9 Å². The molecular weight excluding hydrogens is 425 g/mol. The monoisotopic (exact) mass is 447 g/mol. The Bertz CT molecular complexity index is 586. The van der Waals surface area contributed by atoms with Gasteiger partial charge in [0.1, 0.15) is 0 Å². The highest BCUT2D eigenvalue weighted by molar-refractivity contribution is 14.0. The number of hydrogen-bond acceptors (Lipinski definition) is 2. The van der Waals surface area contributed by atoms with Gasteiger partial charge in [0.25, 0.3) is 0 Å². The van der Waals surface area contributed by atoms with Gasteiger partial charge in [-0.15, -0.1) is 24.0 Å². The maximum Gasteiger partial charge on any atom is 0.191 e. The Hall–Kier alpha value is -1.28. The van der Waals surface area contributed by atoms with Crippen molar-refractivity contribution < 1.29 is 0 Å². The van der Waals surface area contributed by atoms with Gasteiger partial charge in [0.15, 0.2) is 5.96 Å². The van der Waals surface area contributed by atoms with Gasteiger partial charge in [-0.1, -0.05) is 23.7 Å². The molecule has 2 aromatic rings. The SMILES string of the molecule is CCNC(=NCCc1cccc(Cl)c1)NCCn1cccn1.I. The minimum absolute atomic E-state index is 0. The number of halogens is 2. The van der Waals surface area contributed by atoms with E-state index in [1.807, 2.05) is 35.1 Å². The van der Waals surface area contributed by atoms with E-state index in [2.05, 4.69) is 33.7 Å². The minimum atomic E-state index is 0. The molecule has 1 aromatic carbocycles. The summed E-state index contributed by atoms with van der Waals surface area (Å²) >= 11 is 5.98. The third-order valence-corrected chi connectivity index (χ3v) is 3.33. The van der Waals surface area contributed by atoms with Gasteiger partial charge < -0.3 is 10.6 Å². The van der Waals surface area contributed by atoms with E-state index in [4.69, 9.17) is 11.6 Å². The first-order valence-corrected chi connectivity index (χ1v) is 7.90. The number of rotatable bonds is 7. The highest BCUT2D eigenvalue weighted by Crippen LogP contribution is 2.10. The van der Waals surface area contributed by atoms with Crippen LogP contribution in [0.5, 0.6) is 0 Å². The maximum atomic E-state index is 5.98. The molecular formula is C16H23ClIN5. The summed E-state index contributed by atoms with van der Waals surface area (Å²) in [6, 6.07) is 9.82. The van der Waals surface area contributed by atoms with Crippen LogP contribution < -0.4 is 10.6 Å². The largest absolute Gasteiger partial charge is 0.357 e. The molecule has 1 heterocycles. The lowest BCUT2D eigenvalue weighted by molar-refractivity contribution is 0.598. The summed E-state index contributed by atoms with van der Waals surface area (Å²) in [6.07, 6.45) is 4.60. The van der Waals surface area contributed by atoms with E-state index < -0.39 is 0 Å². The van der Waals surface area contributed by atoms with Gasteiger partial charge in [-0.05, 0) is 37.1 Å². The molecule has 1 aromatic heterocycles. The summed E-state index contributed by atoms with van der Waals surface area (Å²) in [5.74, 6) is 0.830. The number of nitrogens with one attached hydrogen (secondary N) is 2. The molecule has 0 atom stereocenters. The molecule has 0 aliphatic heterocycles. The van der Waals surface area contributed by atoms with E-state index in [9.17, 15) is 0 Å². The normalized spacial score (nSPS) is 11.0. The first kappa shape index (κ1) is 19.8. The Kier molecular flexibility index (Phi) is 9.70. The van der Waals surface area contributed by atoms with E-state index in [1.54, 1.807) is 6.20 Å². The first-order chi connectivity index (χ1) is 10.8. The smallest absolute Gasteiger partial charge is 0.191 e. The van der Waals surface area contributed by atoms with E-state index in [1.165, 1.54) is 5.56 Å². The lowest BCUT2D eigenvalue weighted by Gasteiger charge is -2.11. The second kappa shape index (κ2) is 11.3.